The van der Waals surface area contributed by atoms with Crippen LogP contribution in [-0.2, 0) is 23.2 Å². The van der Waals surface area contributed by atoms with Crippen LogP contribution in [-0.4, -0.2) is 46.1 Å². The molecule has 3 N–H and O–H groups in total. The van der Waals surface area contributed by atoms with E-state index in [0.29, 0.717) is 24.7 Å². The molecule has 2 heterocycles. The molecular formula is C17H22ClN5O2. The lowest BCUT2D eigenvalue weighted by Crippen LogP contribution is -2.43. The Hall–Kier alpha value is -2.12. The minimum atomic E-state index is -0.332. The zero-order valence-electron chi connectivity index (χ0n) is 14.2. The first kappa shape index (κ1) is 17.7. The van der Waals surface area contributed by atoms with Crippen LogP contribution in [0.2, 0.25) is 5.02 Å². The van der Waals surface area contributed by atoms with Crippen molar-refractivity contribution in [3.8, 4) is 0 Å². The van der Waals surface area contributed by atoms with E-state index in [1.54, 1.807) is 4.68 Å². The standard InChI is InChI=1S/C17H22ClN5O2/c1-22-14-4-2-3-12(18)16(14)13(21-22)9-20-17(25)11-5-7-23(8-6-11)10-15(19)24/h2-4,11H,5-10H2,1H3,(H2,19,24)(H,20,25). The van der Waals surface area contributed by atoms with Crippen molar-refractivity contribution in [1.82, 2.24) is 20.0 Å². The van der Waals surface area contributed by atoms with Gasteiger partial charge in [0.1, 0.15) is 0 Å². The highest BCUT2D eigenvalue weighted by molar-refractivity contribution is 6.35. The number of nitrogens with two attached hydrogens (primary N) is 1. The second-order valence-electron chi connectivity index (χ2n) is 6.44. The van der Waals surface area contributed by atoms with E-state index in [-0.39, 0.29) is 24.3 Å². The van der Waals surface area contributed by atoms with Gasteiger partial charge in [0.05, 0.1) is 29.3 Å². The Morgan fingerprint density at radius 3 is 2.76 bits per heavy atom. The number of aryl methyl sites for hydroxylation is 1. The van der Waals surface area contributed by atoms with E-state index < -0.39 is 0 Å². The van der Waals surface area contributed by atoms with Crippen molar-refractivity contribution in [3.05, 3.63) is 28.9 Å². The lowest BCUT2D eigenvalue weighted by molar-refractivity contribution is -0.126. The van der Waals surface area contributed by atoms with Gasteiger partial charge in [-0.15, -0.1) is 0 Å². The van der Waals surface area contributed by atoms with E-state index in [9.17, 15) is 9.59 Å². The highest BCUT2D eigenvalue weighted by atomic mass is 35.5. The first-order chi connectivity index (χ1) is 12.0. The zero-order chi connectivity index (χ0) is 18.0. The second kappa shape index (κ2) is 7.41. The normalized spacial score (nSPS) is 16.2. The van der Waals surface area contributed by atoms with Crippen LogP contribution >= 0.6 is 11.6 Å². The summed E-state index contributed by atoms with van der Waals surface area (Å²) in [5.74, 6) is -0.360. The summed E-state index contributed by atoms with van der Waals surface area (Å²) < 4.78 is 1.77. The van der Waals surface area contributed by atoms with Gasteiger partial charge in [-0.25, -0.2) is 0 Å². The van der Waals surface area contributed by atoms with Crippen molar-refractivity contribution in [2.75, 3.05) is 19.6 Å². The van der Waals surface area contributed by atoms with E-state index in [0.717, 1.165) is 29.4 Å². The van der Waals surface area contributed by atoms with Crippen molar-refractivity contribution in [2.24, 2.45) is 18.7 Å². The number of nitrogens with zero attached hydrogens (tertiary/aromatic N) is 3. The molecule has 25 heavy (non-hydrogen) atoms. The summed E-state index contributed by atoms with van der Waals surface area (Å²) in [7, 11) is 1.86. The van der Waals surface area contributed by atoms with Crippen molar-refractivity contribution in [3.63, 3.8) is 0 Å². The van der Waals surface area contributed by atoms with Crippen LogP contribution in [0.5, 0.6) is 0 Å². The fraction of sp³-hybridized carbons (Fsp3) is 0.471. The fourth-order valence-corrected chi connectivity index (χ4v) is 3.64. The lowest BCUT2D eigenvalue weighted by atomic mass is 9.96. The molecule has 7 nitrogen and oxygen atoms in total. The van der Waals surface area contributed by atoms with Gasteiger partial charge in [-0.2, -0.15) is 5.10 Å². The van der Waals surface area contributed by atoms with Crippen LogP contribution in [0.4, 0.5) is 0 Å². The third kappa shape index (κ3) is 3.93. The van der Waals surface area contributed by atoms with Crippen molar-refractivity contribution in [2.45, 2.75) is 19.4 Å². The topological polar surface area (TPSA) is 93.2 Å². The van der Waals surface area contributed by atoms with E-state index in [1.807, 2.05) is 30.1 Å². The molecule has 0 saturated carbocycles. The largest absolute Gasteiger partial charge is 0.369 e. The predicted octanol–water partition coefficient (Wildman–Crippen LogP) is 1.04. The van der Waals surface area contributed by atoms with Gasteiger partial charge in [0, 0.05) is 18.4 Å². The maximum absolute atomic E-state index is 12.4. The predicted molar refractivity (Wildman–Crippen MR) is 95.9 cm³/mol. The molecule has 1 aromatic heterocycles. The van der Waals surface area contributed by atoms with Gasteiger partial charge in [0.15, 0.2) is 0 Å². The third-order valence-electron chi connectivity index (χ3n) is 4.67. The fourth-order valence-electron chi connectivity index (χ4n) is 3.37. The van der Waals surface area contributed by atoms with Gasteiger partial charge in [0.25, 0.3) is 0 Å². The molecule has 0 spiro atoms. The Kier molecular flexibility index (Phi) is 5.24. The average molecular weight is 364 g/mol. The van der Waals surface area contributed by atoms with Gasteiger partial charge < -0.3 is 11.1 Å². The summed E-state index contributed by atoms with van der Waals surface area (Å²) in [5, 5.41) is 8.96. The van der Waals surface area contributed by atoms with Gasteiger partial charge in [-0.3, -0.25) is 19.2 Å². The molecule has 0 radical (unpaired) electrons. The first-order valence-electron chi connectivity index (χ1n) is 8.34. The summed E-state index contributed by atoms with van der Waals surface area (Å²) in [5.41, 5.74) is 6.92. The number of piperidine rings is 1. The number of benzene rings is 1. The van der Waals surface area contributed by atoms with Crippen LogP contribution in [0.25, 0.3) is 10.9 Å². The van der Waals surface area contributed by atoms with Crippen LogP contribution in [0.3, 0.4) is 0 Å². The summed E-state index contributed by atoms with van der Waals surface area (Å²) in [6.07, 6.45) is 1.45. The summed E-state index contributed by atoms with van der Waals surface area (Å²) in [6.45, 7) is 2.02. The number of aromatic nitrogens is 2. The highest BCUT2D eigenvalue weighted by Gasteiger charge is 2.25. The minimum Gasteiger partial charge on any atom is -0.369 e. The smallest absolute Gasteiger partial charge is 0.231 e. The van der Waals surface area contributed by atoms with Crippen LogP contribution < -0.4 is 11.1 Å². The Bertz CT molecular complexity index is 796. The molecule has 8 heteroatoms. The molecule has 0 unspecified atom stereocenters. The number of nitrogens with one attached hydrogen (secondary N) is 1. The number of amides is 2. The number of likely N-dealkylation sites (tertiary alicyclic amines) is 1. The quantitative estimate of drug-likeness (QED) is 0.830. The number of halogens is 1. The molecule has 2 aromatic rings. The first-order valence-corrected chi connectivity index (χ1v) is 8.72. The molecule has 0 aliphatic carbocycles. The zero-order valence-corrected chi connectivity index (χ0v) is 14.9. The molecule has 2 amide bonds. The number of rotatable bonds is 5. The number of hydrogen-bond acceptors (Lipinski definition) is 4. The summed E-state index contributed by atoms with van der Waals surface area (Å²) in [6, 6.07) is 5.66. The molecular weight excluding hydrogens is 342 g/mol. The molecule has 3 rings (SSSR count). The summed E-state index contributed by atoms with van der Waals surface area (Å²) >= 11 is 6.29. The molecule has 1 fully saturated rings. The van der Waals surface area contributed by atoms with Crippen molar-refractivity contribution >= 4 is 34.3 Å². The SMILES string of the molecule is Cn1nc(CNC(=O)C2CCN(CC(N)=O)CC2)c2c(Cl)cccc21. The molecule has 1 aromatic carbocycles. The lowest BCUT2D eigenvalue weighted by Gasteiger charge is -2.30. The van der Waals surface area contributed by atoms with E-state index in [4.69, 9.17) is 17.3 Å². The van der Waals surface area contributed by atoms with Crippen molar-refractivity contribution < 1.29 is 9.59 Å². The highest BCUT2D eigenvalue weighted by Crippen LogP contribution is 2.26. The van der Waals surface area contributed by atoms with Crippen molar-refractivity contribution in [1.29, 1.82) is 0 Å². The van der Waals surface area contributed by atoms with Crippen LogP contribution in [0, 0.1) is 5.92 Å². The number of carbonyl (C=O) groups excluding carboxylic acids is 2. The van der Waals surface area contributed by atoms with E-state index >= 15 is 0 Å². The molecule has 0 bridgehead atoms. The number of fused-ring (bicyclic) bond motifs is 1. The summed E-state index contributed by atoms with van der Waals surface area (Å²) in [4.78, 5) is 25.4. The van der Waals surface area contributed by atoms with Gasteiger partial charge in [-0.1, -0.05) is 17.7 Å². The maximum Gasteiger partial charge on any atom is 0.231 e. The van der Waals surface area contributed by atoms with Gasteiger partial charge in [0.2, 0.25) is 11.8 Å². The number of carbonyl (C=O) groups is 2. The minimum absolute atomic E-state index is 0.0181. The molecule has 1 aliphatic heterocycles. The Morgan fingerprint density at radius 2 is 2.08 bits per heavy atom. The Labute approximate surface area is 151 Å². The van der Waals surface area contributed by atoms with Crippen LogP contribution in [0.1, 0.15) is 18.5 Å². The molecule has 0 atom stereocenters. The molecule has 1 saturated heterocycles. The van der Waals surface area contributed by atoms with E-state index in [1.165, 1.54) is 0 Å². The average Bonchev–Trinajstić information content (AvgIpc) is 2.90. The Morgan fingerprint density at radius 1 is 1.36 bits per heavy atom. The van der Waals surface area contributed by atoms with Gasteiger partial charge in [-0.05, 0) is 38.1 Å². The molecule has 134 valence electrons. The number of primary amides is 1. The van der Waals surface area contributed by atoms with Crippen LogP contribution in [0.15, 0.2) is 18.2 Å². The number of hydrogen-bond donors (Lipinski definition) is 2. The monoisotopic (exact) mass is 363 g/mol. The molecule has 1 aliphatic rings. The van der Waals surface area contributed by atoms with Gasteiger partial charge >= 0.3 is 0 Å². The maximum atomic E-state index is 12.4. The second-order valence-corrected chi connectivity index (χ2v) is 6.85. The van der Waals surface area contributed by atoms with E-state index in [2.05, 4.69) is 10.4 Å². The Balaban J connectivity index is 1.59. The third-order valence-corrected chi connectivity index (χ3v) is 4.98.